The summed E-state index contributed by atoms with van der Waals surface area (Å²) in [7, 11) is 0. The highest BCUT2D eigenvalue weighted by molar-refractivity contribution is 6.34. The molecule has 92 valence electrons. The molecular weight excluding hydrogens is 279 g/mol. The molecule has 0 unspecified atom stereocenters. The van der Waals surface area contributed by atoms with Crippen molar-refractivity contribution in [3.63, 3.8) is 0 Å². The molecular formula is C11H6Cl2N2O3. The summed E-state index contributed by atoms with van der Waals surface area (Å²) >= 11 is 11.6. The number of nitrogens with zero attached hydrogens (tertiary/aromatic N) is 2. The van der Waals surface area contributed by atoms with Gasteiger partial charge in [0.2, 0.25) is 5.69 Å². The highest BCUT2D eigenvalue weighted by Crippen LogP contribution is 2.28. The Kier molecular flexibility index (Phi) is 3.64. The smallest absolute Gasteiger partial charge is 0.360 e. The Bertz CT molecular complexity index is 584. The summed E-state index contributed by atoms with van der Waals surface area (Å²) in [6, 6.07) is 4.52. The number of hydrogen-bond donors (Lipinski definition) is 1. The van der Waals surface area contributed by atoms with Crippen molar-refractivity contribution in [2.45, 2.75) is 0 Å². The van der Waals surface area contributed by atoms with Crippen LogP contribution in [-0.2, 0) is 0 Å². The monoisotopic (exact) mass is 284 g/mol. The van der Waals surface area contributed by atoms with E-state index in [1.54, 1.807) is 0 Å². The zero-order chi connectivity index (χ0) is 13.1. The number of aromatic carboxylic acids is 1. The molecule has 0 saturated carbocycles. The molecule has 0 spiro atoms. The molecule has 18 heavy (non-hydrogen) atoms. The predicted molar refractivity (Wildman–Crippen MR) is 65.5 cm³/mol. The first-order chi connectivity index (χ1) is 8.56. The summed E-state index contributed by atoms with van der Waals surface area (Å²) in [6.45, 7) is 0. The van der Waals surface area contributed by atoms with Crippen LogP contribution in [0.3, 0.4) is 0 Å². The average Bonchev–Trinajstić information content (AvgIpc) is 2.27. The first-order valence-corrected chi connectivity index (χ1v) is 5.50. The number of carboxylic acids is 1. The van der Waals surface area contributed by atoms with Gasteiger partial charge >= 0.3 is 5.97 Å². The minimum atomic E-state index is -1.23. The number of hydrogen-bond acceptors (Lipinski definition) is 4. The Balaban J connectivity index is 2.37. The molecule has 1 aromatic heterocycles. The SMILES string of the molecule is O=C(O)c1nccnc1Oc1cc(Cl)cc(Cl)c1. The van der Waals surface area contributed by atoms with Crippen LogP contribution >= 0.6 is 23.2 Å². The molecule has 1 heterocycles. The van der Waals surface area contributed by atoms with Crippen LogP contribution in [0.15, 0.2) is 30.6 Å². The molecule has 0 radical (unpaired) electrons. The second-order valence-electron chi connectivity index (χ2n) is 3.22. The van der Waals surface area contributed by atoms with Gasteiger partial charge in [-0.2, -0.15) is 0 Å². The van der Waals surface area contributed by atoms with Gasteiger partial charge in [0.1, 0.15) is 5.75 Å². The Morgan fingerprint density at radius 3 is 2.33 bits per heavy atom. The molecule has 0 aliphatic heterocycles. The lowest BCUT2D eigenvalue weighted by Crippen LogP contribution is -2.04. The Labute approximate surface area is 112 Å². The van der Waals surface area contributed by atoms with Gasteiger partial charge < -0.3 is 9.84 Å². The van der Waals surface area contributed by atoms with Crippen LogP contribution in [0.1, 0.15) is 10.5 Å². The van der Waals surface area contributed by atoms with Crippen molar-refractivity contribution in [2.75, 3.05) is 0 Å². The van der Waals surface area contributed by atoms with Crippen LogP contribution in [0, 0.1) is 0 Å². The van der Waals surface area contributed by atoms with E-state index in [1.807, 2.05) is 0 Å². The number of ether oxygens (including phenoxy) is 1. The van der Waals surface area contributed by atoms with E-state index >= 15 is 0 Å². The van der Waals surface area contributed by atoms with Gasteiger partial charge in [0.05, 0.1) is 0 Å². The lowest BCUT2D eigenvalue weighted by atomic mass is 10.3. The standard InChI is InChI=1S/C11H6Cl2N2O3/c12-6-3-7(13)5-8(4-6)18-10-9(11(16)17)14-1-2-15-10/h1-5H,(H,16,17). The molecule has 7 heteroatoms. The predicted octanol–water partition coefficient (Wildman–Crippen LogP) is 3.27. The van der Waals surface area contributed by atoms with Crippen molar-refractivity contribution in [3.8, 4) is 11.6 Å². The fraction of sp³-hybridized carbons (Fsp3) is 0. The second-order valence-corrected chi connectivity index (χ2v) is 4.10. The number of aromatic nitrogens is 2. The molecule has 0 aliphatic carbocycles. The maximum Gasteiger partial charge on any atom is 0.360 e. The average molecular weight is 285 g/mol. The van der Waals surface area contributed by atoms with Gasteiger partial charge in [-0.15, -0.1) is 0 Å². The fourth-order valence-corrected chi connectivity index (χ4v) is 1.75. The Hall–Kier alpha value is -1.85. The van der Waals surface area contributed by atoms with Crippen LogP contribution in [0.4, 0.5) is 0 Å². The molecule has 0 bridgehead atoms. The van der Waals surface area contributed by atoms with E-state index in [0.29, 0.717) is 10.0 Å². The van der Waals surface area contributed by atoms with E-state index in [0.717, 1.165) is 0 Å². The normalized spacial score (nSPS) is 10.1. The summed E-state index contributed by atoms with van der Waals surface area (Å²) in [5.41, 5.74) is -0.284. The first-order valence-electron chi connectivity index (χ1n) is 4.74. The number of benzene rings is 1. The highest BCUT2D eigenvalue weighted by Gasteiger charge is 2.15. The van der Waals surface area contributed by atoms with E-state index < -0.39 is 5.97 Å². The number of halogens is 2. The Morgan fingerprint density at radius 1 is 1.11 bits per heavy atom. The van der Waals surface area contributed by atoms with Crippen molar-refractivity contribution >= 4 is 29.2 Å². The topological polar surface area (TPSA) is 72.3 Å². The van der Waals surface area contributed by atoms with E-state index in [-0.39, 0.29) is 17.3 Å². The van der Waals surface area contributed by atoms with Gasteiger partial charge in [-0.05, 0) is 18.2 Å². The van der Waals surface area contributed by atoms with Crippen molar-refractivity contribution in [1.29, 1.82) is 0 Å². The molecule has 0 fully saturated rings. The van der Waals surface area contributed by atoms with Gasteiger partial charge in [0.15, 0.2) is 0 Å². The first kappa shape index (κ1) is 12.6. The zero-order valence-corrected chi connectivity index (χ0v) is 10.3. The lowest BCUT2D eigenvalue weighted by molar-refractivity contribution is 0.0686. The van der Waals surface area contributed by atoms with Crippen LogP contribution < -0.4 is 4.74 Å². The quantitative estimate of drug-likeness (QED) is 0.936. The largest absolute Gasteiger partial charge is 0.476 e. The maximum atomic E-state index is 10.9. The van der Waals surface area contributed by atoms with Crippen molar-refractivity contribution in [1.82, 2.24) is 9.97 Å². The van der Waals surface area contributed by atoms with Crippen LogP contribution in [0.5, 0.6) is 11.6 Å². The van der Waals surface area contributed by atoms with Crippen LogP contribution in [-0.4, -0.2) is 21.0 Å². The molecule has 5 nitrogen and oxygen atoms in total. The number of rotatable bonds is 3. The Morgan fingerprint density at radius 2 is 1.72 bits per heavy atom. The molecule has 1 N–H and O–H groups in total. The van der Waals surface area contributed by atoms with Gasteiger partial charge in [0.25, 0.3) is 5.88 Å². The lowest BCUT2D eigenvalue weighted by Gasteiger charge is -2.07. The number of carbonyl (C=O) groups is 1. The summed E-state index contributed by atoms with van der Waals surface area (Å²) in [4.78, 5) is 18.4. The third kappa shape index (κ3) is 2.88. The van der Waals surface area contributed by atoms with Gasteiger partial charge in [-0.3, -0.25) is 0 Å². The maximum absolute atomic E-state index is 10.9. The summed E-state index contributed by atoms with van der Waals surface area (Å²) in [5.74, 6) is -1.06. The zero-order valence-electron chi connectivity index (χ0n) is 8.80. The van der Waals surface area contributed by atoms with Gasteiger partial charge in [0, 0.05) is 22.4 Å². The van der Waals surface area contributed by atoms with E-state index in [1.165, 1.54) is 30.6 Å². The van der Waals surface area contributed by atoms with Crippen molar-refractivity contribution < 1.29 is 14.6 Å². The van der Waals surface area contributed by atoms with E-state index in [4.69, 9.17) is 33.0 Å². The molecule has 2 aromatic rings. The second kappa shape index (κ2) is 5.20. The third-order valence-electron chi connectivity index (χ3n) is 1.92. The van der Waals surface area contributed by atoms with Gasteiger partial charge in [-0.1, -0.05) is 23.2 Å². The molecule has 1 aromatic carbocycles. The van der Waals surface area contributed by atoms with Crippen LogP contribution in [0.2, 0.25) is 10.0 Å². The third-order valence-corrected chi connectivity index (χ3v) is 2.35. The van der Waals surface area contributed by atoms with Crippen LogP contribution in [0.25, 0.3) is 0 Å². The number of carboxylic acid groups (broad SMARTS) is 1. The molecule has 0 amide bonds. The fourth-order valence-electron chi connectivity index (χ4n) is 1.25. The minimum Gasteiger partial charge on any atom is -0.476 e. The summed E-state index contributed by atoms with van der Waals surface area (Å²) < 4.78 is 5.31. The van der Waals surface area contributed by atoms with E-state index in [9.17, 15) is 4.79 Å². The molecule has 0 atom stereocenters. The van der Waals surface area contributed by atoms with Crippen molar-refractivity contribution in [2.24, 2.45) is 0 Å². The van der Waals surface area contributed by atoms with E-state index in [2.05, 4.69) is 9.97 Å². The highest BCUT2D eigenvalue weighted by atomic mass is 35.5. The van der Waals surface area contributed by atoms with Crippen molar-refractivity contribution in [3.05, 3.63) is 46.3 Å². The minimum absolute atomic E-state index is 0.122. The molecule has 0 saturated heterocycles. The van der Waals surface area contributed by atoms with Gasteiger partial charge in [-0.25, -0.2) is 14.8 Å². The summed E-state index contributed by atoms with van der Waals surface area (Å²) in [5, 5.41) is 9.67. The molecule has 0 aliphatic rings. The molecule has 2 rings (SSSR count). The summed E-state index contributed by atoms with van der Waals surface area (Å²) in [6.07, 6.45) is 2.59.